The second-order valence-corrected chi connectivity index (χ2v) is 2.66. The van der Waals surface area contributed by atoms with Crippen molar-refractivity contribution in [2.24, 2.45) is 0 Å². The van der Waals surface area contributed by atoms with E-state index in [0.717, 1.165) is 11.3 Å². The average molecular weight is 221 g/mol. The van der Waals surface area contributed by atoms with E-state index < -0.39 is 12.1 Å². The number of carbonyl (C=O) groups is 1. The van der Waals surface area contributed by atoms with Crippen molar-refractivity contribution >= 4 is 11.7 Å². The van der Waals surface area contributed by atoms with Gasteiger partial charge in [0.05, 0.1) is 0 Å². The normalized spacial score (nSPS) is 10.1. The van der Waals surface area contributed by atoms with Gasteiger partial charge in [0.2, 0.25) is 0 Å². The molecule has 0 spiro atoms. The molecule has 0 unspecified atom stereocenters. The summed E-state index contributed by atoms with van der Waals surface area (Å²) in [5.41, 5.74) is 7.53. The molecule has 0 aromatic heterocycles. The molecule has 0 atom stereocenters. The van der Waals surface area contributed by atoms with Crippen LogP contribution in [0.15, 0.2) is 24.3 Å². The number of aliphatic carboxylic acids is 1. The lowest BCUT2D eigenvalue weighted by Crippen LogP contribution is -2.21. The van der Waals surface area contributed by atoms with Crippen molar-refractivity contribution in [1.82, 2.24) is 0 Å². The first-order chi connectivity index (χ1) is 6.75. The topological polar surface area (TPSA) is 63.3 Å². The van der Waals surface area contributed by atoms with Crippen LogP contribution in [-0.2, 0) is 4.79 Å². The highest BCUT2D eigenvalue weighted by Gasteiger charge is 2.38. The van der Waals surface area contributed by atoms with Gasteiger partial charge in [-0.2, -0.15) is 13.2 Å². The monoisotopic (exact) mass is 221 g/mol. The van der Waals surface area contributed by atoms with Gasteiger partial charge in [-0.25, -0.2) is 4.79 Å². The number of nitrogens with two attached hydrogens (primary N) is 1. The Labute approximate surface area is 84.3 Å². The van der Waals surface area contributed by atoms with Crippen molar-refractivity contribution in [2.45, 2.75) is 13.1 Å². The van der Waals surface area contributed by atoms with Gasteiger partial charge in [0.25, 0.3) is 0 Å². The first kappa shape index (κ1) is 13.3. The van der Waals surface area contributed by atoms with Gasteiger partial charge in [0.15, 0.2) is 0 Å². The van der Waals surface area contributed by atoms with Gasteiger partial charge in [-0.15, -0.1) is 0 Å². The van der Waals surface area contributed by atoms with Gasteiger partial charge >= 0.3 is 12.1 Å². The summed E-state index contributed by atoms with van der Waals surface area (Å²) in [5, 5.41) is 7.12. The number of para-hydroxylation sites is 1. The van der Waals surface area contributed by atoms with Crippen molar-refractivity contribution in [3.8, 4) is 0 Å². The van der Waals surface area contributed by atoms with E-state index in [9.17, 15) is 13.2 Å². The number of carboxylic acids is 1. The molecule has 0 bridgehead atoms. The molecule has 0 saturated carbocycles. The standard InChI is InChI=1S/C7H9N.C2HF3O2/c1-6-4-2-3-5-7(6)8;3-2(4,5)1(6)7/h2-5H,8H2,1H3;(H,6,7). The third kappa shape index (κ3) is 5.56. The summed E-state index contributed by atoms with van der Waals surface area (Å²) in [4.78, 5) is 8.90. The number of anilines is 1. The van der Waals surface area contributed by atoms with Crippen molar-refractivity contribution in [3.63, 3.8) is 0 Å². The van der Waals surface area contributed by atoms with Gasteiger partial charge < -0.3 is 10.8 Å². The Hall–Kier alpha value is -1.72. The smallest absolute Gasteiger partial charge is 0.475 e. The lowest BCUT2D eigenvalue weighted by molar-refractivity contribution is -0.192. The summed E-state index contributed by atoms with van der Waals surface area (Å²) in [6.45, 7) is 2.00. The molecule has 0 amide bonds. The van der Waals surface area contributed by atoms with Crippen molar-refractivity contribution in [2.75, 3.05) is 5.73 Å². The van der Waals surface area contributed by atoms with Crippen LogP contribution in [0.2, 0.25) is 0 Å². The summed E-state index contributed by atoms with van der Waals surface area (Å²) in [6.07, 6.45) is -5.08. The lowest BCUT2D eigenvalue weighted by Gasteiger charge is -1.93. The molecule has 1 aromatic carbocycles. The molecule has 0 radical (unpaired) electrons. The number of halogens is 3. The Kier molecular flexibility index (Phi) is 4.63. The molecule has 3 nitrogen and oxygen atoms in total. The molecule has 0 aliphatic carbocycles. The second kappa shape index (κ2) is 5.23. The summed E-state index contributed by atoms with van der Waals surface area (Å²) in [5.74, 6) is -2.76. The number of alkyl halides is 3. The Morgan fingerprint density at radius 3 is 1.93 bits per heavy atom. The SMILES string of the molecule is Cc1ccccc1N.O=C(O)C(F)(F)F. The highest BCUT2D eigenvalue weighted by Crippen LogP contribution is 2.13. The maximum Gasteiger partial charge on any atom is 0.490 e. The van der Waals surface area contributed by atoms with Crippen LogP contribution in [0.25, 0.3) is 0 Å². The van der Waals surface area contributed by atoms with Crippen LogP contribution in [0, 0.1) is 6.92 Å². The number of aryl methyl sites for hydroxylation is 1. The van der Waals surface area contributed by atoms with Gasteiger partial charge in [-0.05, 0) is 18.6 Å². The molecule has 0 fully saturated rings. The number of hydrogen-bond acceptors (Lipinski definition) is 2. The Morgan fingerprint density at radius 1 is 1.33 bits per heavy atom. The first-order valence-electron chi connectivity index (χ1n) is 3.86. The molecule has 1 rings (SSSR count). The van der Waals surface area contributed by atoms with Gasteiger partial charge in [0.1, 0.15) is 0 Å². The van der Waals surface area contributed by atoms with Crippen LogP contribution < -0.4 is 5.73 Å². The molecular formula is C9H10F3NO2. The minimum Gasteiger partial charge on any atom is -0.475 e. The van der Waals surface area contributed by atoms with Gasteiger partial charge in [-0.3, -0.25) is 0 Å². The van der Waals surface area contributed by atoms with E-state index >= 15 is 0 Å². The molecule has 15 heavy (non-hydrogen) atoms. The quantitative estimate of drug-likeness (QED) is 0.660. The molecule has 0 saturated heterocycles. The third-order valence-corrected chi connectivity index (χ3v) is 1.43. The van der Waals surface area contributed by atoms with E-state index in [-0.39, 0.29) is 0 Å². The number of benzene rings is 1. The predicted molar refractivity (Wildman–Crippen MR) is 49.3 cm³/mol. The number of hydrogen-bond donors (Lipinski definition) is 2. The van der Waals surface area contributed by atoms with Crippen LogP contribution in [0.1, 0.15) is 5.56 Å². The zero-order valence-corrected chi connectivity index (χ0v) is 7.88. The maximum absolute atomic E-state index is 10.6. The predicted octanol–water partition coefficient (Wildman–Crippen LogP) is 2.21. The van der Waals surface area contributed by atoms with E-state index in [1.54, 1.807) is 0 Å². The number of rotatable bonds is 0. The van der Waals surface area contributed by atoms with Crippen LogP contribution in [-0.4, -0.2) is 17.3 Å². The zero-order chi connectivity index (χ0) is 12.1. The molecular weight excluding hydrogens is 211 g/mol. The third-order valence-electron chi connectivity index (χ3n) is 1.43. The highest BCUT2D eigenvalue weighted by molar-refractivity contribution is 5.73. The molecule has 6 heteroatoms. The van der Waals surface area contributed by atoms with E-state index in [0.29, 0.717) is 0 Å². The molecule has 84 valence electrons. The molecule has 0 heterocycles. The highest BCUT2D eigenvalue weighted by atomic mass is 19.4. The van der Waals surface area contributed by atoms with Crippen molar-refractivity contribution < 1.29 is 23.1 Å². The summed E-state index contributed by atoms with van der Waals surface area (Å²) in [7, 11) is 0. The van der Waals surface area contributed by atoms with E-state index in [1.807, 2.05) is 31.2 Å². The van der Waals surface area contributed by atoms with Crippen molar-refractivity contribution in [1.29, 1.82) is 0 Å². The second-order valence-electron chi connectivity index (χ2n) is 2.66. The largest absolute Gasteiger partial charge is 0.490 e. The number of nitrogen functional groups attached to an aromatic ring is 1. The summed E-state index contributed by atoms with van der Waals surface area (Å²) >= 11 is 0. The fourth-order valence-corrected chi connectivity index (χ4v) is 0.587. The van der Waals surface area contributed by atoms with Gasteiger partial charge in [-0.1, -0.05) is 18.2 Å². The van der Waals surface area contributed by atoms with Crippen molar-refractivity contribution in [3.05, 3.63) is 29.8 Å². The Morgan fingerprint density at radius 2 is 1.73 bits per heavy atom. The van der Waals surface area contributed by atoms with Gasteiger partial charge in [0, 0.05) is 5.69 Å². The maximum atomic E-state index is 10.6. The zero-order valence-electron chi connectivity index (χ0n) is 7.88. The van der Waals surface area contributed by atoms with E-state index in [2.05, 4.69) is 0 Å². The molecule has 0 aliphatic rings. The first-order valence-corrected chi connectivity index (χ1v) is 3.86. The molecule has 0 aliphatic heterocycles. The Bertz CT molecular complexity index is 315. The van der Waals surface area contributed by atoms with Crippen LogP contribution in [0.3, 0.4) is 0 Å². The fourth-order valence-electron chi connectivity index (χ4n) is 0.587. The minimum atomic E-state index is -5.08. The molecule has 1 aromatic rings. The van der Waals surface area contributed by atoms with E-state index in [4.69, 9.17) is 15.6 Å². The summed E-state index contributed by atoms with van der Waals surface area (Å²) < 4.78 is 31.7. The van der Waals surface area contributed by atoms with Crippen LogP contribution >= 0.6 is 0 Å². The Balaban J connectivity index is 0.000000265. The van der Waals surface area contributed by atoms with Crippen LogP contribution in [0.4, 0.5) is 18.9 Å². The molecule has 3 N–H and O–H groups in total. The lowest BCUT2D eigenvalue weighted by atomic mass is 10.2. The fraction of sp³-hybridized carbons (Fsp3) is 0.222. The summed E-state index contributed by atoms with van der Waals surface area (Å²) in [6, 6.07) is 7.80. The van der Waals surface area contributed by atoms with Crippen LogP contribution in [0.5, 0.6) is 0 Å². The minimum absolute atomic E-state index is 0.868. The average Bonchev–Trinajstić information content (AvgIpc) is 2.09. The van der Waals surface area contributed by atoms with E-state index in [1.165, 1.54) is 0 Å². The number of carboxylic acid groups (broad SMARTS) is 1.